The van der Waals surface area contributed by atoms with Gasteiger partial charge in [-0.25, -0.2) is 0 Å². The molecule has 1 aromatic heterocycles. The molecule has 0 aliphatic carbocycles. The number of benzene rings is 2. The number of hydrogen-bond acceptors (Lipinski definition) is 4. The molecule has 0 bridgehead atoms. The minimum absolute atomic E-state index is 0.117. The summed E-state index contributed by atoms with van der Waals surface area (Å²) in [6.07, 6.45) is -0.117. The van der Waals surface area contributed by atoms with Crippen molar-refractivity contribution in [1.82, 2.24) is 15.1 Å². The predicted octanol–water partition coefficient (Wildman–Crippen LogP) is 3.75. The maximum absolute atomic E-state index is 12.5. The third kappa shape index (κ3) is 3.88. The molecule has 0 spiro atoms. The lowest BCUT2D eigenvalue weighted by Crippen LogP contribution is -2.24. The fourth-order valence-electron chi connectivity index (χ4n) is 3.23. The molecule has 1 atom stereocenters. The van der Waals surface area contributed by atoms with Crippen LogP contribution in [0.25, 0.3) is 0 Å². The highest BCUT2D eigenvalue weighted by atomic mass is 35.5. The molecule has 28 heavy (non-hydrogen) atoms. The van der Waals surface area contributed by atoms with Gasteiger partial charge < -0.3 is 14.8 Å². The van der Waals surface area contributed by atoms with Gasteiger partial charge in [-0.2, -0.15) is 5.10 Å². The Morgan fingerprint density at radius 3 is 2.86 bits per heavy atom. The van der Waals surface area contributed by atoms with Gasteiger partial charge in [0, 0.05) is 17.1 Å². The lowest BCUT2D eigenvalue weighted by Gasteiger charge is -2.24. The van der Waals surface area contributed by atoms with Crippen molar-refractivity contribution < 1.29 is 14.3 Å². The Bertz CT molecular complexity index is 985. The summed E-state index contributed by atoms with van der Waals surface area (Å²) in [5.74, 6) is 0.516. The summed E-state index contributed by atoms with van der Waals surface area (Å²) < 4.78 is 13.1. The summed E-state index contributed by atoms with van der Waals surface area (Å²) in [5.41, 5.74) is 3.21. The number of carbonyl (C=O) groups excluding carboxylic acids is 1. The molecule has 4 rings (SSSR count). The molecule has 1 N–H and O–H groups in total. The van der Waals surface area contributed by atoms with Crippen molar-refractivity contribution in [3.05, 3.63) is 82.1 Å². The van der Waals surface area contributed by atoms with E-state index in [1.807, 2.05) is 53.2 Å². The molecule has 1 amide bonds. The van der Waals surface area contributed by atoms with Crippen LogP contribution in [0.5, 0.6) is 5.75 Å². The first-order valence-corrected chi connectivity index (χ1v) is 9.35. The van der Waals surface area contributed by atoms with Crippen LogP contribution >= 0.6 is 11.6 Å². The zero-order valence-corrected chi connectivity index (χ0v) is 16.1. The molecular weight excluding hydrogens is 378 g/mol. The fraction of sp³-hybridized carbons (Fsp3) is 0.238. The first kappa shape index (κ1) is 18.5. The van der Waals surface area contributed by atoms with Crippen molar-refractivity contribution in [1.29, 1.82) is 0 Å². The van der Waals surface area contributed by atoms with E-state index >= 15 is 0 Å². The van der Waals surface area contributed by atoms with Gasteiger partial charge in [0.1, 0.15) is 11.9 Å². The van der Waals surface area contributed by atoms with Gasteiger partial charge in [0.15, 0.2) is 5.69 Å². The Morgan fingerprint density at radius 1 is 1.29 bits per heavy atom. The topological polar surface area (TPSA) is 65.4 Å². The van der Waals surface area contributed by atoms with Crippen molar-refractivity contribution in [2.24, 2.45) is 0 Å². The first-order valence-electron chi connectivity index (χ1n) is 8.98. The summed E-state index contributed by atoms with van der Waals surface area (Å²) in [6.45, 7) is 1.33. The highest BCUT2D eigenvalue weighted by molar-refractivity contribution is 6.30. The standard InChI is InChI=1S/C21H20ClN3O3/c1-27-19-5-3-2-4-15(19)11-23-21(26)18-10-17-13-28-20(12-25(17)24-18)14-6-8-16(22)9-7-14/h2-10,20H,11-13H2,1H3,(H,23,26)/t20-/m1/s1. The molecule has 0 saturated heterocycles. The van der Waals surface area contributed by atoms with Gasteiger partial charge in [0.2, 0.25) is 0 Å². The van der Waals surface area contributed by atoms with E-state index in [4.69, 9.17) is 21.1 Å². The summed E-state index contributed by atoms with van der Waals surface area (Å²) in [6, 6.07) is 16.9. The van der Waals surface area contributed by atoms with Crippen LogP contribution in [0.1, 0.15) is 33.4 Å². The Kier molecular flexibility index (Phi) is 5.32. The highest BCUT2D eigenvalue weighted by Gasteiger charge is 2.24. The zero-order valence-electron chi connectivity index (χ0n) is 15.4. The Balaban J connectivity index is 1.43. The van der Waals surface area contributed by atoms with E-state index in [2.05, 4.69) is 10.4 Å². The van der Waals surface area contributed by atoms with E-state index in [0.29, 0.717) is 30.4 Å². The number of methoxy groups -OCH3 is 1. The molecule has 2 heterocycles. The molecule has 0 saturated carbocycles. The smallest absolute Gasteiger partial charge is 0.272 e. The lowest BCUT2D eigenvalue weighted by atomic mass is 10.1. The van der Waals surface area contributed by atoms with Crippen LogP contribution < -0.4 is 10.1 Å². The number of nitrogens with zero attached hydrogens (tertiary/aromatic N) is 2. The molecule has 144 valence electrons. The lowest BCUT2D eigenvalue weighted by molar-refractivity contribution is -0.00119. The molecule has 2 aromatic carbocycles. The van der Waals surface area contributed by atoms with Crippen LogP contribution in [-0.4, -0.2) is 22.8 Å². The number of ether oxygens (including phenoxy) is 2. The first-order chi connectivity index (χ1) is 13.6. The Labute approximate surface area is 168 Å². The minimum Gasteiger partial charge on any atom is -0.496 e. The number of hydrogen-bond donors (Lipinski definition) is 1. The molecule has 6 nitrogen and oxygen atoms in total. The largest absolute Gasteiger partial charge is 0.496 e. The van der Waals surface area contributed by atoms with Crippen LogP contribution in [0.2, 0.25) is 5.02 Å². The third-order valence-corrected chi connectivity index (χ3v) is 4.99. The van der Waals surface area contributed by atoms with Crippen molar-refractivity contribution in [2.75, 3.05) is 7.11 Å². The number of para-hydroxylation sites is 1. The number of halogens is 1. The van der Waals surface area contributed by atoms with Crippen molar-refractivity contribution in [2.45, 2.75) is 25.8 Å². The third-order valence-electron chi connectivity index (χ3n) is 4.74. The van der Waals surface area contributed by atoms with Gasteiger partial charge >= 0.3 is 0 Å². The van der Waals surface area contributed by atoms with E-state index in [0.717, 1.165) is 22.6 Å². The Morgan fingerprint density at radius 2 is 2.07 bits per heavy atom. The van der Waals surface area contributed by atoms with Crippen molar-refractivity contribution in [3.63, 3.8) is 0 Å². The van der Waals surface area contributed by atoms with E-state index in [-0.39, 0.29) is 12.0 Å². The minimum atomic E-state index is -0.226. The van der Waals surface area contributed by atoms with Crippen molar-refractivity contribution in [3.8, 4) is 5.75 Å². The van der Waals surface area contributed by atoms with Gasteiger partial charge in [0.25, 0.3) is 5.91 Å². The summed E-state index contributed by atoms with van der Waals surface area (Å²) in [5, 5.41) is 8.05. The molecule has 0 unspecified atom stereocenters. The SMILES string of the molecule is COc1ccccc1CNC(=O)c1cc2n(n1)C[C@H](c1ccc(Cl)cc1)OC2. The normalized spacial score (nSPS) is 15.7. The quantitative estimate of drug-likeness (QED) is 0.712. The molecule has 1 aliphatic rings. The van der Waals surface area contributed by atoms with Crippen LogP contribution in [0.4, 0.5) is 0 Å². The second-order valence-corrected chi connectivity index (χ2v) is 6.99. The average molecular weight is 398 g/mol. The number of rotatable bonds is 5. The van der Waals surface area contributed by atoms with Crippen LogP contribution in [0, 0.1) is 0 Å². The summed E-state index contributed by atoms with van der Waals surface area (Å²) in [7, 11) is 1.61. The number of carbonyl (C=O) groups is 1. The highest BCUT2D eigenvalue weighted by Crippen LogP contribution is 2.27. The molecule has 7 heteroatoms. The van der Waals surface area contributed by atoms with E-state index in [9.17, 15) is 4.79 Å². The summed E-state index contributed by atoms with van der Waals surface area (Å²) >= 11 is 5.95. The van der Waals surface area contributed by atoms with E-state index in [1.165, 1.54) is 0 Å². The van der Waals surface area contributed by atoms with Gasteiger partial charge in [-0.15, -0.1) is 0 Å². The molecular formula is C21H20ClN3O3. The number of fused-ring (bicyclic) bond motifs is 1. The van der Waals surface area contributed by atoms with E-state index in [1.54, 1.807) is 13.2 Å². The van der Waals surface area contributed by atoms with E-state index < -0.39 is 0 Å². The summed E-state index contributed by atoms with van der Waals surface area (Å²) in [4.78, 5) is 12.5. The van der Waals surface area contributed by atoms with Crippen LogP contribution in [0.3, 0.4) is 0 Å². The van der Waals surface area contributed by atoms with Gasteiger partial charge in [0.05, 0.1) is 26.0 Å². The van der Waals surface area contributed by atoms with Crippen LogP contribution in [0.15, 0.2) is 54.6 Å². The molecule has 0 radical (unpaired) electrons. The number of amides is 1. The predicted molar refractivity (Wildman–Crippen MR) is 105 cm³/mol. The van der Waals surface area contributed by atoms with Crippen LogP contribution in [-0.2, 0) is 24.4 Å². The maximum Gasteiger partial charge on any atom is 0.272 e. The Hall–Kier alpha value is -2.83. The monoisotopic (exact) mass is 397 g/mol. The molecule has 3 aromatic rings. The maximum atomic E-state index is 12.5. The second-order valence-electron chi connectivity index (χ2n) is 6.55. The van der Waals surface area contributed by atoms with Gasteiger partial charge in [-0.3, -0.25) is 9.48 Å². The van der Waals surface area contributed by atoms with Gasteiger partial charge in [-0.05, 0) is 29.8 Å². The number of nitrogens with one attached hydrogen (secondary N) is 1. The average Bonchev–Trinajstić information content (AvgIpc) is 3.16. The fourth-order valence-corrected chi connectivity index (χ4v) is 3.36. The number of aromatic nitrogens is 2. The second kappa shape index (κ2) is 8.04. The van der Waals surface area contributed by atoms with Crippen molar-refractivity contribution >= 4 is 17.5 Å². The molecule has 0 fully saturated rings. The van der Waals surface area contributed by atoms with Gasteiger partial charge in [-0.1, -0.05) is 41.9 Å². The zero-order chi connectivity index (χ0) is 19.5. The molecule has 1 aliphatic heterocycles.